The van der Waals surface area contributed by atoms with Crippen LogP contribution in [0.15, 0.2) is 16.6 Å². The highest BCUT2D eigenvalue weighted by Gasteiger charge is 2.18. The van der Waals surface area contributed by atoms with Crippen molar-refractivity contribution in [2.75, 3.05) is 13.1 Å². The molecule has 0 saturated heterocycles. The molecule has 4 nitrogen and oxygen atoms in total. The Hall–Kier alpha value is -1.50. The number of benzene rings is 1. The molecule has 1 rings (SSSR count). The summed E-state index contributed by atoms with van der Waals surface area (Å²) in [5.41, 5.74) is -0.702. The van der Waals surface area contributed by atoms with E-state index in [0.29, 0.717) is 6.54 Å². The van der Waals surface area contributed by atoms with Crippen LogP contribution in [0.1, 0.15) is 23.7 Å². The molecule has 0 atom stereocenters. The molecule has 0 spiro atoms. The van der Waals surface area contributed by atoms with Gasteiger partial charge in [0, 0.05) is 11.0 Å². The van der Waals surface area contributed by atoms with E-state index in [1.165, 1.54) is 0 Å². The van der Waals surface area contributed by atoms with Crippen LogP contribution < -0.4 is 10.6 Å². The van der Waals surface area contributed by atoms with Crippen LogP contribution in [0.3, 0.4) is 0 Å². The van der Waals surface area contributed by atoms with E-state index in [1.807, 2.05) is 6.92 Å². The average molecular weight is 335 g/mol. The van der Waals surface area contributed by atoms with E-state index in [1.54, 1.807) is 0 Å². The fourth-order valence-electron chi connectivity index (χ4n) is 1.33. The maximum absolute atomic E-state index is 13.5. The van der Waals surface area contributed by atoms with E-state index in [-0.39, 0.29) is 11.0 Å². The molecule has 0 saturated carbocycles. The summed E-state index contributed by atoms with van der Waals surface area (Å²) in [6.07, 6.45) is 0.760. The Labute approximate surface area is 117 Å². The minimum atomic E-state index is -0.988. The van der Waals surface area contributed by atoms with Crippen LogP contribution in [0.4, 0.5) is 8.78 Å². The first-order valence-electron chi connectivity index (χ1n) is 5.65. The molecule has 7 heteroatoms. The largest absolute Gasteiger partial charge is 0.355 e. The summed E-state index contributed by atoms with van der Waals surface area (Å²) in [6.45, 7) is 2.04. The zero-order valence-electron chi connectivity index (χ0n) is 10.2. The molecule has 0 radical (unpaired) electrons. The number of hydrogen-bond acceptors (Lipinski definition) is 2. The number of nitrogens with one attached hydrogen (secondary N) is 2. The maximum Gasteiger partial charge on any atom is 0.257 e. The van der Waals surface area contributed by atoms with Gasteiger partial charge in [-0.3, -0.25) is 9.59 Å². The second-order valence-electron chi connectivity index (χ2n) is 3.78. The number of carbonyl (C=O) groups excluding carboxylic acids is 2. The molecule has 0 unspecified atom stereocenters. The number of hydrogen-bond donors (Lipinski definition) is 2. The van der Waals surface area contributed by atoms with E-state index in [4.69, 9.17) is 0 Å². The maximum atomic E-state index is 13.5. The fraction of sp³-hybridized carbons (Fsp3) is 0.333. The van der Waals surface area contributed by atoms with Crippen molar-refractivity contribution >= 4 is 27.7 Å². The summed E-state index contributed by atoms with van der Waals surface area (Å²) < 4.78 is 27.1. The van der Waals surface area contributed by atoms with Crippen LogP contribution in [-0.4, -0.2) is 24.9 Å². The lowest BCUT2D eigenvalue weighted by molar-refractivity contribution is -0.120. The van der Waals surface area contributed by atoms with Gasteiger partial charge in [0.2, 0.25) is 5.91 Å². The first kappa shape index (κ1) is 15.6. The normalized spacial score (nSPS) is 10.1. The lowest BCUT2D eigenvalue weighted by Crippen LogP contribution is -2.37. The summed E-state index contributed by atoms with van der Waals surface area (Å²) in [6, 6.07) is 1.96. The first-order valence-corrected chi connectivity index (χ1v) is 6.44. The van der Waals surface area contributed by atoms with Crippen molar-refractivity contribution in [1.29, 1.82) is 0 Å². The summed E-state index contributed by atoms with van der Waals surface area (Å²) >= 11 is 2.91. The lowest BCUT2D eigenvalue weighted by atomic mass is 10.2. The molecule has 0 aliphatic carbocycles. The van der Waals surface area contributed by atoms with E-state index >= 15 is 0 Å². The topological polar surface area (TPSA) is 58.2 Å². The van der Waals surface area contributed by atoms with Gasteiger partial charge in [0.05, 0.1) is 6.54 Å². The minimum absolute atomic E-state index is 0.194. The zero-order chi connectivity index (χ0) is 14.4. The molecule has 0 fully saturated rings. The molecule has 0 heterocycles. The molecule has 0 bridgehead atoms. The van der Waals surface area contributed by atoms with Crippen LogP contribution >= 0.6 is 15.9 Å². The predicted octanol–water partition coefficient (Wildman–Crippen LogP) is 1.98. The number of halogens is 3. The zero-order valence-corrected chi connectivity index (χ0v) is 11.8. The second kappa shape index (κ2) is 7.18. The SMILES string of the molecule is CCCNC(=O)CNC(=O)c1c(F)cc(Br)cc1F. The Morgan fingerprint density at radius 3 is 2.32 bits per heavy atom. The van der Waals surface area contributed by atoms with Gasteiger partial charge < -0.3 is 10.6 Å². The molecule has 19 heavy (non-hydrogen) atoms. The van der Waals surface area contributed by atoms with Crippen molar-refractivity contribution in [1.82, 2.24) is 10.6 Å². The molecule has 0 aromatic heterocycles. The van der Waals surface area contributed by atoms with E-state index in [2.05, 4.69) is 26.6 Å². The van der Waals surface area contributed by atoms with Gasteiger partial charge in [-0.25, -0.2) is 8.78 Å². The van der Waals surface area contributed by atoms with Crippen LogP contribution in [0.25, 0.3) is 0 Å². The molecular weight excluding hydrogens is 322 g/mol. The van der Waals surface area contributed by atoms with Crippen LogP contribution in [0.2, 0.25) is 0 Å². The van der Waals surface area contributed by atoms with E-state index in [9.17, 15) is 18.4 Å². The monoisotopic (exact) mass is 334 g/mol. The third-order valence-electron chi connectivity index (χ3n) is 2.22. The van der Waals surface area contributed by atoms with Crippen LogP contribution in [-0.2, 0) is 4.79 Å². The molecule has 2 amide bonds. The molecule has 0 aliphatic heterocycles. The third kappa shape index (κ3) is 4.59. The average Bonchev–Trinajstić information content (AvgIpc) is 2.32. The smallest absolute Gasteiger partial charge is 0.257 e. The Bertz CT molecular complexity index is 472. The molecular formula is C12H13BrF2N2O2. The van der Waals surface area contributed by atoms with Gasteiger partial charge in [0.25, 0.3) is 5.91 Å². The summed E-state index contributed by atoms with van der Waals surface area (Å²) in [5.74, 6) is -3.35. The minimum Gasteiger partial charge on any atom is -0.355 e. The van der Waals surface area contributed by atoms with Gasteiger partial charge in [-0.05, 0) is 18.6 Å². The Morgan fingerprint density at radius 2 is 1.79 bits per heavy atom. The Morgan fingerprint density at radius 1 is 1.21 bits per heavy atom. The molecule has 2 N–H and O–H groups in total. The van der Waals surface area contributed by atoms with Gasteiger partial charge in [-0.1, -0.05) is 22.9 Å². The molecule has 104 valence electrons. The van der Waals surface area contributed by atoms with Crippen molar-refractivity contribution in [3.8, 4) is 0 Å². The summed E-state index contributed by atoms with van der Waals surface area (Å²) in [4.78, 5) is 22.8. The van der Waals surface area contributed by atoms with Gasteiger partial charge in [-0.15, -0.1) is 0 Å². The molecule has 0 aliphatic rings. The number of amides is 2. The quantitative estimate of drug-likeness (QED) is 0.865. The molecule has 1 aromatic rings. The Kier molecular flexibility index (Phi) is 5.88. The van der Waals surface area contributed by atoms with Crippen LogP contribution in [0.5, 0.6) is 0 Å². The van der Waals surface area contributed by atoms with Crippen molar-refractivity contribution in [2.45, 2.75) is 13.3 Å². The summed E-state index contributed by atoms with van der Waals surface area (Å²) in [7, 11) is 0. The van der Waals surface area contributed by atoms with E-state index < -0.39 is 29.0 Å². The van der Waals surface area contributed by atoms with Gasteiger partial charge in [0.1, 0.15) is 17.2 Å². The molecule has 1 aromatic carbocycles. The third-order valence-corrected chi connectivity index (χ3v) is 2.67. The fourth-order valence-corrected chi connectivity index (χ4v) is 1.74. The highest BCUT2D eigenvalue weighted by Crippen LogP contribution is 2.19. The van der Waals surface area contributed by atoms with Crippen molar-refractivity contribution in [2.24, 2.45) is 0 Å². The Balaban J connectivity index is 2.67. The van der Waals surface area contributed by atoms with Gasteiger partial charge in [-0.2, -0.15) is 0 Å². The van der Waals surface area contributed by atoms with Gasteiger partial charge in [0.15, 0.2) is 0 Å². The standard InChI is InChI=1S/C12H13BrF2N2O2/c1-2-3-16-10(18)6-17-12(19)11-8(14)4-7(13)5-9(11)15/h4-5H,2-3,6H2,1H3,(H,16,18)(H,17,19). The number of carbonyl (C=O) groups is 2. The number of rotatable bonds is 5. The lowest BCUT2D eigenvalue weighted by Gasteiger charge is -2.08. The second-order valence-corrected chi connectivity index (χ2v) is 4.69. The highest BCUT2D eigenvalue weighted by molar-refractivity contribution is 9.10. The predicted molar refractivity (Wildman–Crippen MR) is 69.7 cm³/mol. The van der Waals surface area contributed by atoms with E-state index in [0.717, 1.165) is 18.6 Å². The van der Waals surface area contributed by atoms with Crippen molar-refractivity contribution in [3.63, 3.8) is 0 Å². The summed E-state index contributed by atoms with van der Waals surface area (Å²) in [5, 5.41) is 4.69. The highest BCUT2D eigenvalue weighted by atomic mass is 79.9. The van der Waals surface area contributed by atoms with Crippen molar-refractivity contribution < 1.29 is 18.4 Å². The van der Waals surface area contributed by atoms with Crippen molar-refractivity contribution in [3.05, 3.63) is 33.8 Å². The van der Waals surface area contributed by atoms with Crippen LogP contribution in [0, 0.1) is 11.6 Å². The van der Waals surface area contributed by atoms with Gasteiger partial charge >= 0.3 is 0 Å². The first-order chi connectivity index (χ1) is 8.95.